The maximum Gasteiger partial charge on any atom is 0.167 e. The summed E-state index contributed by atoms with van der Waals surface area (Å²) < 4.78 is 5.26. The second-order valence-corrected chi connectivity index (χ2v) is 3.17. The zero-order valence-electron chi connectivity index (χ0n) is 8.76. The molecule has 0 aliphatic heterocycles. The van der Waals surface area contributed by atoms with Crippen LogP contribution in [0.5, 0.6) is 5.75 Å². The van der Waals surface area contributed by atoms with Crippen LogP contribution in [0.2, 0.25) is 0 Å². The molecule has 0 fully saturated rings. The molecule has 0 saturated carbocycles. The van der Waals surface area contributed by atoms with Crippen molar-refractivity contribution in [1.29, 1.82) is 0 Å². The minimum absolute atomic E-state index is 0. The third kappa shape index (κ3) is 4.87. The smallest absolute Gasteiger partial charge is 0.167 e. The maximum absolute atomic E-state index is 10.7. The van der Waals surface area contributed by atoms with Gasteiger partial charge < -0.3 is 4.74 Å². The molecule has 0 aromatic heterocycles. The number of hydrogen-bond donors (Lipinski definition) is 0. The van der Waals surface area contributed by atoms with Crippen LogP contribution in [0, 0.1) is 19.9 Å². The molecule has 0 bridgehead atoms. The first-order valence-electron chi connectivity index (χ1n) is 4.21. The Morgan fingerprint density at radius 2 is 1.86 bits per heavy atom. The second-order valence-electron chi connectivity index (χ2n) is 3.17. The van der Waals surface area contributed by atoms with Crippen LogP contribution in [0.15, 0.2) is 12.1 Å². The summed E-state index contributed by atoms with van der Waals surface area (Å²) in [6.07, 6.45) is 0. The van der Waals surface area contributed by atoms with Gasteiger partial charge in [0.15, 0.2) is 5.78 Å². The van der Waals surface area contributed by atoms with E-state index in [-0.39, 0.29) is 45.1 Å². The van der Waals surface area contributed by atoms with Gasteiger partial charge in [-0.3, -0.25) is 4.79 Å². The van der Waals surface area contributed by atoms with E-state index in [9.17, 15) is 4.79 Å². The quantitative estimate of drug-likeness (QED) is 0.783. The molecule has 0 aliphatic rings. The fraction of sp³-hybridized carbons (Fsp3) is 0.364. The predicted molar refractivity (Wildman–Crippen MR) is 50.9 cm³/mol. The molecule has 1 rings (SSSR count). The number of carbonyl (C=O) groups excluding carboxylic acids is 1. The van der Waals surface area contributed by atoms with Gasteiger partial charge in [0.05, 0.1) is 0 Å². The van der Waals surface area contributed by atoms with E-state index < -0.39 is 0 Å². The van der Waals surface area contributed by atoms with Gasteiger partial charge in [-0.2, -0.15) is 17.2 Å². The number of carbonyl (C=O) groups is 1. The van der Waals surface area contributed by atoms with E-state index in [2.05, 4.69) is 6.07 Å². The van der Waals surface area contributed by atoms with Gasteiger partial charge in [-0.05, 0) is 6.92 Å². The molecule has 2 nitrogen and oxygen atoms in total. The van der Waals surface area contributed by atoms with Gasteiger partial charge in [0.25, 0.3) is 0 Å². The summed E-state index contributed by atoms with van der Waals surface area (Å²) in [6, 6.07) is 6.88. The summed E-state index contributed by atoms with van der Waals surface area (Å²) in [7, 11) is 0. The molecular formula is C11H13O2Y-. The van der Waals surface area contributed by atoms with Crippen LogP contribution in [-0.2, 0) is 37.5 Å². The van der Waals surface area contributed by atoms with Gasteiger partial charge in [-0.1, -0.05) is 13.8 Å². The van der Waals surface area contributed by atoms with Crippen LogP contribution in [0.1, 0.15) is 18.1 Å². The molecule has 0 atom stereocenters. The van der Waals surface area contributed by atoms with Crippen molar-refractivity contribution < 1.29 is 42.2 Å². The number of aryl methyl sites for hydroxylation is 2. The Hall–Kier alpha value is -0.206. The first-order valence-corrected chi connectivity index (χ1v) is 4.21. The first kappa shape index (κ1) is 13.8. The molecule has 73 valence electrons. The van der Waals surface area contributed by atoms with E-state index in [0.717, 1.165) is 16.9 Å². The molecule has 1 aromatic rings. The van der Waals surface area contributed by atoms with Crippen LogP contribution in [0.25, 0.3) is 0 Å². The van der Waals surface area contributed by atoms with Crippen molar-refractivity contribution in [3.8, 4) is 5.75 Å². The summed E-state index contributed by atoms with van der Waals surface area (Å²) in [5.41, 5.74) is 2.05. The fourth-order valence-electron chi connectivity index (χ4n) is 1.12. The SMILES string of the molecule is CC(=O)COc1cc(C)[c-]c(C)c1.[Y]. The fourth-order valence-corrected chi connectivity index (χ4v) is 1.12. The number of rotatable bonds is 3. The van der Waals surface area contributed by atoms with E-state index in [1.807, 2.05) is 26.0 Å². The molecule has 0 spiro atoms. The third-order valence-corrected chi connectivity index (χ3v) is 1.55. The number of Topliss-reactive ketones (excluding diaryl/α,β-unsaturated/α-hetero) is 1. The molecule has 0 N–H and O–H groups in total. The Balaban J connectivity index is 0.00000169. The molecule has 0 saturated heterocycles. The molecule has 14 heavy (non-hydrogen) atoms. The average molecular weight is 266 g/mol. The van der Waals surface area contributed by atoms with Gasteiger partial charge in [-0.15, -0.1) is 12.1 Å². The van der Waals surface area contributed by atoms with Gasteiger partial charge in [0.1, 0.15) is 6.61 Å². The molecule has 0 aliphatic carbocycles. The van der Waals surface area contributed by atoms with E-state index in [1.54, 1.807) is 0 Å². The standard InChI is InChI=1S/C11H13O2.Y/c1-8-4-9(2)6-11(5-8)13-7-10(3)12;/h5-6H,7H2,1-3H3;/q-1;. The van der Waals surface area contributed by atoms with Gasteiger partial charge in [0.2, 0.25) is 0 Å². The van der Waals surface area contributed by atoms with Crippen molar-refractivity contribution in [3.05, 3.63) is 29.3 Å². The molecule has 0 heterocycles. The van der Waals surface area contributed by atoms with E-state index in [4.69, 9.17) is 4.74 Å². The summed E-state index contributed by atoms with van der Waals surface area (Å²) in [6.45, 7) is 5.55. The summed E-state index contributed by atoms with van der Waals surface area (Å²) in [5.74, 6) is 0.770. The molecule has 1 aromatic carbocycles. The van der Waals surface area contributed by atoms with Gasteiger partial charge in [-0.25, -0.2) is 0 Å². The second kappa shape index (κ2) is 6.31. The Labute approximate surface area is 110 Å². The molecule has 3 heteroatoms. The monoisotopic (exact) mass is 266 g/mol. The van der Waals surface area contributed by atoms with E-state index in [1.165, 1.54) is 6.92 Å². The van der Waals surface area contributed by atoms with Crippen molar-refractivity contribution in [1.82, 2.24) is 0 Å². The van der Waals surface area contributed by atoms with Crippen LogP contribution >= 0.6 is 0 Å². The molecule has 0 amide bonds. The Morgan fingerprint density at radius 3 is 2.29 bits per heavy atom. The minimum atomic E-state index is 0. The summed E-state index contributed by atoms with van der Waals surface area (Å²) in [5, 5.41) is 0. The van der Waals surface area contributed by atoms with Gasteiger partial charge in [0, 0.05) is 38.5 Å². The molecular weight excluding hydrogens is 253 g/mol. The van der Waals surface area contributed by atoms with Crippen molar-refractivity contribution in [2.45, 2.75) is 20.8 Å². The maximum atomic E-state index is 10.7. The topological polar surface area (TPSA) is 26.3 Å². The van der Waals surface area contributed by atoms with Crippen molar-refractivity contribution >= 4 is 5.78 Å². The normalized spacial score (nSPS) is 9.07. The van der Waals surface area contributed by atoms with Crippen molar-refractivity contribution in [3.63, 3.8) is 0 Å². The first-order chi connectivity index (χ1) is 6.08. The number of hydrogen-bond acceptors (Lipinski definition) is 2. The third-order valence-electron chi connectivity index (χ3n) is 1.55. The largest absolute Gasteiger partial charge is 0.511 e. The zero-order valence-corrected chi connectivity index (χ0v) is 11.6. The minimum Gasteiger partial charge on any atom is -0.511 e. The molecule has 1 radical (unpaired) electrons. The van der Waals surface area contributed by atoms with E-state index in [0.29, 0.717) is 0 Å². The van der Waals surface area contributed by atoms with Crippen LogP contribution in [-0.4, -0.2) is 12.4 Å². The molecule has 0 unspecified atom stereocenters. The van der Waals surface area contributed by atoms with Crippen LogP contribution in [0.3, 0.4) is 0 Å². The Kier molecular flexibility index (Phi) is 6.22. The zero-order chi connectivity index (χ0) is 9.84. The van der Waals surface area contributed by atoms with Gasteiger partial charge >= 0.3 is 0 Å². The van der Waals surface area contributed by atoms with Crippen LogP contribution < -0.4 is 4.74 Å². The number of benzene rings is 1. The van der Waals surface area contributed by atoms with E-state index >= 15 is 0 Å². The number of ketones is 1. The Morgan fingerprint density at radius 1 is 1.36 bits per heavy atom. The van der Waals surface area contributed by atoms with Crippen molar-refractivity contribution in [2.75, 3.05) is 6.61 Å². The Bertz CT molecular complexity index is 301. The number of ether oxygens (including phenoxy) is 1. The van der Waals surface area contributed by atoms with Crippen LogP contribution in [0.4, 0.5) is 0 Å². The predicted octanol–water partition coefficient (Wildman–Crippen LogP) is 2.07. The average Bonchev–Trinajstić information content (AvgIpc) is 1.99. The summed E-state index contributed by atoms with van der Waals surface area (Å²) >= 11 is 0. The summed E-state index contributed by atoms with van der Waals surface area (Å²) in [4.78, 5) is 10.7. The van der Waals surface area contributed by atoms with Crippen molar-refractivity contribution in [2.24, 2.45) is 0 Å².